The normalized spacial score (nSPS) is 10.2. The molecule has 4 N–H and O–H groups in total. The van der Waals surface area contributed by atoms with Crippen molar-refractivity contribution < 1.29 is 19.1 Å². The summed E-state index contributed by atoms with van der Waals surface area (Å²) in [5.41, 5.74) is 15.6. The fourth-order valence-corrected chi connectivity index (χ4v) is 3.69. The van der Waals surface area contributed by atoms with Crippen LogP contribution in [0.1, 0.15) is 20.7 Å². The Morgan fingerprint density at radius 3 is 1.18 bits per heavy atom. The lowest BCUT2D eigenvalue weighted by Gasteiger charge is -2.06. The highest BCUT2D eigenvalue weighted by Crippen LogP contribution is 2.24. The molecule has 8 heteroatoms. The predicted octanol–water partition coefficient (Wildman–Crippen LogP) is 6.30. The van der Waals surface area contributed by atoms with Gasteiger partial charge >= 0.3 is 0 Å². The molecule has 0 aliphatic heterocycles. The topological polar surface area (TPSA) is 105 Å². The van der Waals surface area contributed by atoms with E-state index in [-0.39, 0.29) is 0 Å². The predicted molar refractivity (Wildman–Crippen MR) is 156 cm³/mol. The average Bonchev–Trinajstić information content (AvgIpc) is 2.96. The molecule has 0 bridgehead atoms. The average molecular weight is 596 g/mol. The van der Waals surface area contributed by atoms with E-state index in [0.717, 1.165) is 39.1 Å². The summed E-state index contributed by atoms with van der Waals surface area (Å²) in [7, 11) is 0. The first-order valence-corrected chi connectivity index (χ1v) is 13.4. The van der Waals surface area contributed by atoms with E-state index in [1.807, 2.05) is 72.8 Å². The van der Waals surface area contributed by atoms with E-state index in [0.29, 0.717) is 30.2 Å². The maximum absolute atomic E-state index is 11.0. The van der Waals surface area contributed by atoms with Gasteiger partial charge in [0, 0.05) is 16.5 Å². The zero-order valence-corrected chi connectivity index (χ0v) is 23.0. The monoisotopic (exact) mass is 594 g/mol. The molecule has 196 valence electrons. The molecule has 0 saturated carbocycles. The van der Waals surface area contributed by atoms with Gasteiger partial charge < -0.3 is 20.9 Å². The minimum atomic E-state index is -0.420. The Morgan fingerprint density at radius 2 is 0.895 bits per heavy atom. The van der Waals surface area contributed by atoms with E-state index in [9.17, 15) is 9.59 Å². The Hall–Kier alpha value is -3.81. The van der Waals surface area contributed by atoms with Crippen LogP contribution < -0.4 is 20.9 Å². The molecule has 4 aromatic rings. The van der Waals surface area contributed by atoms with Crippen LogP contribution in [0.4, 0.5) is 0 Å². The van der Waals surface area contributed by atoms with E-state index in [4.69, 9.17) is 32.5 Å². The molecule has 0 saturated heterocycles. The summed E-state index contributed by atoms with van der Waals surface area (Å²) in [5.74, 6) is 1.27. The number of halogens is 2. The molecule has 0 unspecified atom stereocenters. The standard InChI is InChI=1S/C15H14BrNO2.C15H14ClNO2/c2*16-9-10-19-14-7-5-12(6-8-14)11-1-3-13(4-2-11)15(17)18/h2*1-8H,9-10H2,(H2,17,18). The largest absolute Gasteiger partial charge is 0.493 e. The number of hydrogen-bond donors (Lipinski definition) is 2. The van der Waals surface area contributed by atoms with E-state index < -0.39 is 11.8 Å². The lowest BCUT2D eigenvalue weighted by molar-refractivity contribution is 0.0992. The fraction of sp³-hybridized carbons (Fsp3) is 0.133. The summed E-state index contributed by atoms with van der Waals surface area (Å²) in [6.45, 7) is 1.14. The third-order valence-corrected chi connectivity index (χ3v) is 5.88. The molecule has 0 radical (unpaired) electrons. The van der Waals surface area contributed by atoms with Crippen molar-refractivity contribution in [2.75, 3.05) is 24.4 Å². The summed E-state index contributed by atoms with van der Waals surface area (Å²) in [4.78, 5) is 22.0. The quantitative estimate of drug-likeness (QED) is 0.210. The number of primary amides is 2. The Bertz CT molecular complexity index is 1210. The lowest BCUT2D eigenvalue weighted by Crippen LogP contribution is -2.10. The number of nitrogens with two attached hydrogens (primary N) is 2. The van der Waals surface area contributed by atoms with Crippen LogP contribution in [-0.4, -0.2) is 36.2 Å². The van der Waals surface area contributed by atoms with Crippen LogP contribution in [0.15, 0.2) is 97.1 Å². The number of carbonyl (C=O) groups is 2. The van der Waals surface area contributed by atoms with Gasteiger partial charge in [-0.3, -0.25) is 9.59 Å². The van der Waals surface area contributed by atoms with Crippen molar-refractivity contribution in [1.82, 2.24) is 0 Å². The van der Waals surface area contributed by atoms with Crippen LogP contribution in [0, 0.1) is 0 Å². The van der Waals surface area contributed by atoms with E-state index >= 15 is 0 Å². The maximum atomic E-state index is 11.0. The summed E-state index contributed by atoms with van der Waals surface area (Å²) in [6.07, 6.45) is 0. The zero-order chi connectivity index (χ0) is 27.3. The van der Waals surface area contributed by atoms with Crippen molar-refractivity contribution in [3.8, 4) is 33.8 Å². The summed E-state index contributed by atoms with van der Waals surface area (Å²) < 4.78 is 10.9. The Kier molecular flexibility index (Phi) is 11.2. The number of alkyl halides is 2. The highest BCUT2D eigenvalue weighted by molar-refractivity contribution is 9.09. The van der Waals surface area contributed by atoms with Gasteiger partial charge in [0.05, 0.1) is 12.5 Å². The molecule has 4 rings (SSSR count). The molecule has 4 aromatic carbocycles. The van der Waals surface area contributed by atoms with Gasteiger partial charge in [0.25, 0.3) is 0 Å². The summed E-state index contributed by atoms with van der Waals surface area (Å²) in [5, 5.41) is 0.809. The van der Waals surface area contributed by atoms with Crippen molar-refractivity contribution in [3.05, 3.63) is 108 Å². The van der Waals surface area contributed by atoms with Crippen molar-refractivity contribution in [2.45, 2.75) is 0 Å². The van der Waals surface area contributed by atoms with Gasteiger partial charge in [0.1, 0.15) is 18.1 Å². The second-order valence-electron chi connectivity index (χ2n) is 8.01. The van der Waals surface area contributed by atoms with Gasteiger partial charge in [-0.1, -0.05) is 64.5 Å². The molecule has 0 aliphatic rings. The van der Waals surface area contributed by atoms with Gasteiger partial charge in [-0.05, 0) is 70.8 Å². The third kappa shape index (κ3) is 8.64. The number of benzene rings is 4. The second kappa shape index (κ2) is 14.8. The number of ether oxygens (including phenoxy) is 2. The van der Waals surface area contributed by atoms with Crippen molar-refractivity contribution >= 4 is 39.3 Å². The molecule has 0 atom stereocenters. The van der Waals surface area contributed by atoms with Gasteiger partial charge in [0.15, 0.2) is 0 Å². The minimum absolute atomic E-state index is 0.412. The number of rotatable bonds is 10. The SMILES string of the molecule is NC(=O)c1ccc(-c2ccc(OCCBr)cc2)cc1.NC(=O)c1ccc(-c2ccc(OCCCl)cc2)cc1. The third-order valence-electron chi connectivity index (χ3n) is 5.41. The van der Waals surface area contributed by atoms with Gasteiger partial charge in [-0.25, -0.2) is 0 Å². The lowest BCUT2D eigenvalue weighted by atomic mass is 10.0. The molecule has 38 heavy (non-hydrogen) atoms. The highest BCUT2D eigenvalue weighted by Gasteiger charge is 2.03. The first-order chi connectivity index (χ1) is 18.4. The van der Waals surface area contributed by atoms with Gasteiger partial charge in [0.2, 0.25) is 11.8 Å². The Labute approximate surface area is 235 Å². The maximum Gasteiger partial charge on any atom is 0.248 e. The molecule has 0 fully saturated rings. The van der Waals surface area contributed by atoms with Gasteiger partial charge in [-0.15, -0.1) is 11.6 Å². The van der Waals surface area contributed by atoms with Crippen LogP contribution in [0.2, 0.25) is 0 Å². The molecule has 2 amide bonds. The molecule has 0 spiro atoms. The molecular formula is C30H28BrClN2O4. The summed E-state index contributed by atoms with van der Waals surface area (Å²) >= 11 is 8.87. The first-order valence-electron chi connectivity index (χ1n) is 11.8. The molecular weight excluding hydrogens is 568 g/mol. The zero-order valence-electron chi connectivity index (χ0n) is 20.6. The highest BCUT2D eigenvalue weighted by atomic mass is 79.9. The number of amides is 2. The summed E-state index contributed by atoms with van der Waals surface area (Å²) in [6, 6.07) is 29.9. The van der Waals surface area contributed by atoms with Crippen molar-refractivity contribution in [3.63, 3.8) is 0 Å². The van der Waals surface area contributed by atoms with E-state index in [1.54, 1.807) is 24.3 Å². The first kappa shape index (κ1) is 28.8. The molecule has 0 heterocycles. The van der Waals surface area contributed by atoms with Crippen molar-refractivity contribution in [1.29, 1.82) is 0 Å². The van der Waals surface area contributed by atoms with Crippen LogP contribution in [0.5, 0.6) is 11.5 Å². The van der Waals surface area contributed by atoms with E-state index in [1.165, 1.54) is 0 Å². The molecule has 0 aliphatic carbocycles. The van der Waals surface area contributed by atoms with Crippen LogP contribution >= 0.6 is 27.5 Å². The van der Waals surface area contributed by atoms with Crippen LogP contribution in [0.3, 0.4) is 0 Å². The van der Waals surface area contributed by atoms with E-state index in [2.05, 4.69) is 15.9 Å². The van der Waals surface area contributed by atoms with Crippen LogP contribution in [-0.2, 0) is 0 Å². The Morgan fingerprint density at radius 1 is 0.579 bits per heavy atom. The molecule has 6 nitrogen and oxygen atoms in total. The number of hydrogen-bond acceptors (Lipinski definition) is 4. The minimum Gasteiger partial charge on any atom is -0.493 e. The fourth-order valence-electron chi connectivity index (χ4n) is 3.45. The van der Waals surface area contributed by atoms with Gasteiger partial charge in [-0.2, -0.15) is 0 Å². The molecule has 0 aromatic heterocycles. The smallest absolute Gasteiger partial charge is 0.248 e. The van der Waals surface area contributed by atoms with Crippen LogP contribution in [0.25, 0.3) is 22.3 Å². The Balaban J connectivity index is 0.000000211. The number of carbonyl (C=O) groups excluding carboxylic acids is 2. The second-order valence-corrected chi connectivity index (χ2v) is 9.18. The van der Waals surface area contributed by atoms with Crippen molar-refractivity contribution in [2.24, 2.45) is 11.5 Å².